The van der Waals surface area contributed by atoms with Crippen molar-refractivity contribution in [3.63, 3.8) is 0 Å². The van der Waals surface area contributed by atoms with Gasteiger partial charge in [0.2, 0.25) is 5.91 Å². The van der Waals surface area contributed by atoms with Gasteiger partial charge >= 0.3 is 12.0 Å². The molecule has 7 heteroatoms. The molecule has 0 saturated heterocycles. The molecule has 3 amide bonds. The van der Waals surface area contributed by atoms with Crippen LogP contribution in [-0.4, -0.2) is 29.6 Å². The Kier molecular flexibility index (Phi) is 7.59. The van der Waals surface area contributed by atoms with E-state index in [-0.39, 0.29) is 31.3 Å². The molecule has 1 aromatic carbocycles. The van der Waals surface area contributed by atoms with Gasteiger partial charge in [0.1, 0.15) is 0 Å². The minimum Gasteiger partial charge on any atom is -0.481 e. The van der Waals surface area contributed by atoms with Gasteiger partial charge in [-0.2, -0.15) is 0 Å². The molecule has 4 N–H and O–H groups in total. The van der Waals surface area contributed by atoms with Gasteiger partial charge in [0.25, 0.3) is 0 Å². The van der Waals surface area contributed by atoms with Crippen molar-refractivity contribution in [2.45, 2.75) is 33.2 Å². The second-order valence-corrected chi connectivity index (χ2v) is 5.25. The summed E-state index contributed by atoms with van der Waals surface area (Å²) in [6.07, 6.45) is 0.647. The highest BCUT2D eigenvalue weighted by atomic mass is 16.4. The molecule has 0 aliphatic rings. The van der Waals surface area contributed by atoms with Crippen molar-refractivity contribution in [2.24, 2.45) is 5.92 Å². The van der Waals surface area contributed by atoms with Gasteiger partial charge in [0, 0.05) is 24.7 Å². The number of carbonyl (C=O) groups excluding carboxylic acids is 2. The quantitative estimate of drug-likeness (QED) is 0.587. The van der Waals surface area contributed by atoms with Gasteiger partial charge in [-0.25, -0.2) is 4.79 Å². The van der Waals surface area contributed by atoms with E-state index in [4.69, 9.17) is 5.11 Å². The second kappa shape index (κ2) is 9.45. The van der Waals surface area contributed by atoms with E-state index in [0.717, 1.165) is 12.0 Å². The predicted molar refractivity (Wildman–Crippen MR) is 87.0 cm³/mol. The number of carboxylic acids is 1. The van der Waals surface area contributed by atoms with Gasteiger partial charge in [-0.3, -0.25) is 9.59 Å². The lowest BCUT2D eigenvalue weighted by atomic mass is 10.1. The Hall–Kier alpha value is -2.57. The van der Waals surface area contributed by atoms with E-state index in [1.807, 2.05) is 19.9 Å². The molecule has 0 aromatic heterocycles. The van der Waals surface area contributed by atoms with Crippen LogP contribution in [0, 0.1) is 5.92 Å². The first kappa shape index (κ1) is 18.5. The summed E-state index contributed by atoms with van der Waals surface area (Å²) in [7, 11) is 0. The fourth-order valence-corrected chi connectivity index (χ4v) is 1.74. The summed E-state index contributed by atoms with van der Waals surface area (Å²) in [5.74, 6) is -1.06. The molecule has 1 aromatic rings. The normalized spacial score (nSPS) is 11.4. The van der Waals surface area contributed by atoms with Crippen LogP contribution in [0.15, 0.2) is 24.3 Å². The Balaban J connectivity index is 2.46. The van der Waals surface area contributed by atoms with Crippen molar-refractivity contribution in [1.29, 1.82) is 0 Å². The lowest BCUT2D eigenvalue weighted by Crippen LogP contribution is -2.36. The zero-order valence-electron chi connectivity index (χ0n) is 13.4. The number of nitrogens with one attached hydrogen (secondary N) is 3. The number of anilines is 1. The Bertz CT molecular complexity index is 560. The number of rotatable bonds is 8. The average Bonchev–Trinajstić information content (AvgIpc) is 2.52. The van der Waals surface area contributed by atoms with Crippen LogP contribution in [0.5, 0.6) is 0 Å². The molecule has 7 nitrogen and oxygen atoms in total. The summed E-state index contributed by atoms with van der Waals surface area (Å²) < 4.78 is 0. The van der Waals surface area contributed by atoms with E-state index < -0.39 is 12.0 Å². The van der Waals surface area contributed by atoms with Gasteiger partial charge in [0.05, 0.1) is 6.42 Å². The molecular weight excluding hydrogens is 298 g/mol. The molecule has 1 atom stereocenters. The summed E-state index contributed by atoms with van der Waals surface area (Å²) in [4.78, 5) is 33.7. The third kappa shape index (κ3) is 7.30. The molecule has 23 heavy (non-hydrogen) atoms. The maximum atomic E-state index is 11.9. The average molecular weight is 321 g/mol. The molecule has 0 aliphatic heterocycles. The lowest BCUT2D eigenvalue weighted by Gasteiger charge is -2.11. The molecule has 0 radical (unpaired) electrons. The molecule has 0 saturated carbocycles. The minimum atomic E-state index is -0.963. The van der Waals surface area contributed by atoms with Crippen molar-refractivity contribution in [2.75, 3.05) is 11.9 Å². The summed E-state index contributed by atoms with van der Waals surface area (Å²) in [5.41, 5.74) is 1.52. The Morgan fingerprint density at radius 1 is 1.22 bits per heavy atom. The number of carboxylic acid groups (broad SMARTS) is 1. The molecule has 1 rings (SSSR count). The highest BCUT2D eigenvalue weighted by Crippen LogP contribution is 2.13. The smallest absolute Gasteiger partial charge is 0.315 e. The van der Waals surface area contributed by atoms with Gasteiger partial charge in [-0.05, 0) is 24.1 Å². The fourth-order valence-electron chi connectivity index (χ4n) is 1.74. The third-order valence-corrected chi connectivity index (χ3v) is 3.33. The Morgan fingerprint density at radius 3 is 2.61 bits per heavy atom. The first-order chi connectivity index (χ1) is 10.9. The van der Waals surface area contributed by atoms with E-state index in [9.17, 15) is 14.4 Å². The van der Waals surface area contributed by atoms with Crippen LogP contribution < -0.4 is 16.0 Å². The second-order valence-electron chi connectivity index (χ2n) is 5.25. The first-order valence-corrected chi connectivity index (χ1v) is 7.55. The number of amides is 3. The van der Waals surface area contributed by atoms with Crippen LogP contribution in [0.1, 0.15) is 32.3 Å². The number of carbonyl (C=O) groups is 3. The summed E-state index contributed by atoms with van der Waals surface area (Å²) in [5, 5.41) is 16.4. The Morgan fingerprint density at radius 2 is 1.96 bits per heavy atom. The largest absolute Gasteiger partial charge is 0.481 e. The maximum Gasteiger partial charge on any atom is 0.315 e. The molecule has 0 bridgehead atoms. The zero-order valence-corrected chi connectivity index (χ0v) is 13.4. The van der Waals surface area contributed by atoms with Crippen LogP contribution >= 0.6 is 0 Å². The van der Waals surface area contributed by atoms with E-state index >= 15 is 0 Å². The van der Waals surface area contributed by atoms with Crippen LogP contribution in [0.25, 0.3) is 0 Å². The monoisotopic (exact) mass is 321 g/mol. The molecule has 0 aliphatic carbocycles. The first-order valence-electron chi connectivity index (χ1n) is 7.55. The van der Waals surface area contributed by atoms with Crippen LogP contribution in [0.4, 0.5) is 10.5 Å². The molecule has 0 heterocycles. The predicted octanol–water partition coefficient (Wildman–Crippen LogP) is 1.95. The number of urea groups is 1. The molecule has 1 unspecified atom stereocenters. The van der Waals surface area contributed by atoms with Gasteiger partial charge < -0.3 is 21.1 Å². The highest BCUT2D eigenvalue weighted by Gasteiger charge is 2.10. The van der Waals surface area contributed by atoms with Crippen LogP contribution in [-0.2, 0) is 16.1 Å². The summed E-state index contributed by atoms with van der Waals surface area (Å²) in [6, 6.07) is 6.77. The topological polar surface area (TPSA) is 108 Å². The molecular formula is C16H23N3O4. The number of aliphatic carboxylic acids is 1. The van der Waals surface area contributed by atoms with E-state index in [0.29, 0.717) is 5.69 Å². The fraction of sp³-hybridized carbons (Fsp3) is 0.438. The van der Waals surface area contributed by atoms with Gasteiger partial charge in [-0.1, -0.05) is 26.0 Å². The standard InChI is InChI=1S/C16H23N3O4/c1-3-11(2)15(22)19-13-6-4-5-12(9-13)10-18-16(23)17-8-7-14(20)21/h4-6,9,11H,3,7-8,10H2,1-2H3,(H,19,22)(H,20,21)(H2,17,18,23). The number of hydrogen-bond acceptors (Lipinski definition) is 3. The van der Waals surface area contributed by atoms with E-state index in [2.05, 4.69) is 16.0 Å². The van der Waals surface area contributed by atoms with Crippen LogP contribution in [0.3, 0.4) is 0 Å². The molecule has 0 fully saturated rings. The lowest BCUT2D eigenvalue weighted by molar-refractivity contribution is -0.136. The Labute approximate surface area is 135 Å². The van der Waals surface area contributed by atoms with E-state index in [1.54, 1.807) is 18.2 Å². The van der Waals surface area contributed by atoms with Crippen molar-refractivity contribution in [3.8, 4) is 0 Å². The zero-order chi connectivity index (χ0) is 17.2. The molecule has 126 valence electrons. The number of hydrogen-bond donors (Lipinski definition) is 4. The summed E-state index contributed by atoms with van der Waals surface area (Å²) in [6.45, 7) is 4.17. The molecule has 0 spiro atoms. The van der Waals surface area contributed by atoms with Gasteiger partial charge in [-0.15, -0.1) is 0 Å². The number of benzene rings is 1. The van der Waals surface area contributed by atoms with E-state index in [1.165, 1.54) is 0 Å². The van der Waals surface area contributed by atoms with Crippen molar-refractivity contribution in [3.05, 3.63) is 29.8 Å². The minimum absolute atomic E-state index is 0.0379. The van der Waals surface area contributed by atoms with Crippen molar-refractivity contribution >= 4 is 23.6 Å². The highest BCUT2D eigenvalue weighted by molar-refractivity contribution is 5.92. The van der Waals surface area contributed by atoms with Crippen molar-refractivity contribution in [1.82, 2.24) is 10.6 Å². The summed E-state index contributed by atoms with van der Waals surface area (Å²) >= 11 is 0. The van der Waals surface area contributed by atoms with Crippen LogP contribution in [0.2, 0.25) is 0 Å². The maximum absolute atomic E-state index is 11.9. The van der Waals surface area contributed by atoms with Gasteiger partial charge in [0.15, 0.2) is 0 Å². The van der Waals surface area contributed by atoms with Crippen molar-refractivity contribution < 1.29 is 19.5 Å². The SMILES string of the molecule is CCC(C)C(=O)Nc1cccc(CNC(=O)NCCC(=O)O)c1. The third-order valence-electron chi connectivity index (χ3n) is 3.33.